The number of halogens is 1. The van der Waals surface area contributed by atoms with Crippen LogP contribution in [0, 0.1) is 12.3 Å². The third kappa shape index (κ3) is 4.34. The van der Waals surface area contributed by atoms with Crippen LogP contribution in [0.25, 0.3) is 16.9 Å². The topological polar surface area (TPSA) is 106 Å². The lowest BCUT2D eigenvalue weighted by molar-refractivity contribution is -0.126. The second-order valence-corrected chi connectivity index (χ2v) is 8.80. The summed E-state index contributed by atoms with van der Waals surface area (Å²) in [5, 5.41) is 5.08. The van der Waals surface area contributed by atoms with Crippen molar-refractivity contribution in [2.24, 2.45) is 5.73 Å². The molecule has 1 fully saturated rings. The van der Waals surface area contributed by atoms with E-state index in [1.165, 1.54) is 0 Å². The van der Waals surface area contributed by atoms with Crippen molar-refractivity contribution in [1.29, 1.82) is 0 Å². The van der Waals surface area contributed by atoms with Crippen molar-refractivity contribution in [3.63, 3.8) is 0 Å². The number of benzene rings is 2. The van der Waals surface area contributed by atoms with E-state index in [4.69, 9.17) is 28.5 Å². The third-order valence-corrected chi connectivity index (χ3v) is 6.51. The molecule has 0 spiro atoms. The van der Waals surface area contributed by atoms with Gasteiger partial charge in [-0.3, -0.25) is 9.59 Å². The molecule has 0 radical (unpaired) electrons. The van der Waals surface area contributed by atoms with Crippen molar-refractivity contribution in [1.82, 2.24) is 19.5 Å². The summed E-state index contributed by atoms with van der Waals surface area (Å²) in [4.78, 5) is 29.2. The van der Waals surface area contributed by atoms with Crippen LogP contribution in [0.1, 0.15) is 34.8 Å². The molecule has 8 nitrogen and oxygen atoms in total. The largest absolute Gasteiger partial charge is 0.457 e. The quantitative estimate of drug-likeness (QED) is 0.411. The Bertz CT molecular complexity index is 1440. The van der Waals surface area contributed by atoms with Gasteiger partial charge >= 0.3 is 0 Å². The first-order valence-electron chi connectivity index (χ1n) is 11.1. The molecule has 5 rings (SSSR count). The Morgan fingerprint density at radius 1 is 1.09 bits per heavy atom. The number of H-pyrrole nitrogens is 1. The van der Waals surface area contributed by atoms with E-state index in [0.29, 0.717) is 35.3 Å². The van der Waals surface area contributed by atoms with Gasteiger partial charge in [0.15, 0.2) is 5.69 Å². The molecular formula is C26H22ClN5O3. The molecule has 3 heterocycles. The molecule has 0 unspecified atom stereocenters. The maximum Gasteiger partial charge on any atom is 0.298 e. The average molecular weight is 488 g/mol. The Morgan fingerprint density at radius 2 is 1.71 bits per heavy atom. The summed E-state index contributed by atoms with van der Waals surface area (Å²) in [6.45, 7) is 1.16. The van der Waals surface area contributed by atoms with E-state index in [9.17, 15) is 9.59 Å². The smallest absolute Gasteiger partial charge is 0.298 e. The minimum atomic E-state index is -0.586. The zero-order valence-corrected chi connectivity index (χ0v) is 19.5. The van der Waals surface area contributed by atoms with E-state index in [1.807, 2.05) is 24.3 Å². The van der Waals surface area contributed by atoms with Crippen molar-refractivity contribution in [3.05, 3.63) is 71.0 Å². The summed E-state index contributed by atoms with van der Waals surface area (Å²) < 4.78 is 7.42. The molecule has 35 heavy (non-hydrogen) atoms. The number of aromatic amines is 1. The van der Waals surface area contributed by atoms with E-state index >= 15 is 0 Å². The van der Waals surface area contributed by atoms with E-state index in [2.05, 4.69) is 16.0 Å². The highest BCUT2D eigenvalue weighted by Gasteiger charge is 2.28. The van der Waals surface area contributed by atoms with Crippen molar-refractivity contribution in [3.8, 4) is 35.1 Å². The lowest BCUT2D eigenvalue weighted by Crippen LogP contribution is -2.37. The number of fused-ring (bicyclic) bond motifs is 1. The second kappa shape index (κ2) is 9.20. The van der Waals surface area contributed by atoms with Crippen LogP contribution in [0.2, 0.25) is 5.02 Å². The summed E-state index contributed by atoms with van der Waals surface area (Å²) in [6.07, 6.45) is 8.52. The summed E-state index contributed by atoms with van der Waals surface area (Å²) in [5.74, 6) is 2.78. The fraction of sp³-hybridized carbons (Fsp3) is 0.192. The minimum Gasteiger partial charge on any atom is -0.457 e. The van der Waals surface area contributed by atoms with Crippen LogP contribution in [-0.2, 0) is 4.79 Å². The number of piperidine rings is 1. The monoisotopic (exact) mass is 487 g/mol. The molecule has 1 saturated heterocycles. The number of likely N-dealkylation sites (tertiary alicyclic amines) is 1. The number of amides is 2. The van der Waals surface area contributed by atoms with Gasteiger partial charge in [0.25, 0.3) is 11.8 Å². The molecule has 9 heteroatoms. The number of primary amides is 1. The Hall–Kier alpha value is -4.22. The van der Waals surface area contributed by atoms with Gasteiger partial charge in [-0.1, -0.05) is 11.6 Å². The molecule has 1 aliphatic heterocycles. The number of aromatic nitrogens is 3. The SMILES string of the molecule is C#CC(=O)N1CCC(c2cnn3c(C(N)=O)c(-c4ccc(Oc5ccc(Cl)cc5)cc4)[nH]c23)CC1. The number of nitrogens with one attached hydrogen (secondary N) is 1. The zero-order chi connectivity index (χ0) is 24.5. The normalized spacial score (nSPS) is 14.1. The molecule has 4 aromatic rings. The number of imidazole rings is 1. The number of nitrogens with two attached hydrogens (primary N) is 1. The Kier molecular flexibility index (Phi) is 5.93. The zero-order valence-electron chi connectivity index (χ0n) is 18.7. The van der Waals surface area contributed by atoms with E-state index in [0.717, 1.165) is 29.6 Å². The number of carbonyl (C=O) groups excluding carboxylic acids is 2. The van der Waals surface area contributed by atoms with Crippen LogP contribution in [0.3, 0.4) is 0 Å². The van der Waals surface area contributed by atoms with Gasteiger partial charge in [0, 0.05) is 29.2 Å². The van der Waals surface area contributed by atoms with E-state index < -0.39 is 5.91 Å². The number of carbonyl (C=O) groups is 2. The maximum atomic E-state index is 12.4. The molecular weight excluding hydrogens is 466 g/mol. The van der Waals surface area contributed by atoms with Gasteiger partial charge in [0.2, 0.25) is 0 Å². The van der Waals surface area contributed by atoms with Gasteiger partial charge in [0.1, 0.15) is 17.1 Å². The lowest BCUT2D eigenvalue weighted by Gasteiger charge is -2.30. The molecule has 2 aromatic carbocycles. The maximum absolute atomic E-state index is 12.4. The predicted octanol–water partition coefficient (Wildman–Crippen LogP) is 4.21. The molecule has 0 aliphatic carbocycles. The first kappa shape index (κ1) is 22.6. The van der Waals surface area contributed by atoms with Crippen LogP contribution in [0.4, 0.5) is 0 Å². The minimum absolute atomic E-state index is 0.178. The van der Waals surface area contributed by atoms with Gasteiger partial charge in [-0.05, 0) is 73.2 Å². The van der Waals surface area contributed by atoms with E-state index in [-0.39, 0.29) is 17.5 Å². The van der Waals surface area contributed by atoms with Gasteiger partial charge in [0.05, 0.1) is 11.9 Å². The first-order valence-corrected chi connectivity index (χ1v) is 11.5. The Balaban J connectivity index is 1.42. The van der Waals surface area contributed by atoms with Crippen LogP contribution in [0.15, 0.2) is 54.7 Å². The number of hydrogen-bond acceptors (Lipinski definition) is 4. The molecule has 2 amide bonds. The van der Waals surface area contributed by atoms with Crippen molar-refractivity contribution in [2.75, 3.05) is 13.1 Å². The van der Waals surface area contributed by atoms with E-state index in [1.54, 1.807) is 39.9 Å². The highest BCUT2D eigenvalue weighted by Crippen LogP contribution is 2.34. The summed E-state index contributed by atoms with van der Waals surface area (Å²) in [7, 11) is 0. The second-order valence-electron chi connectivity index (χ2n) is 8.36. The van der Waals surface area contributed by atoms with Crippen molar-refractivity contribution in [2.45, 2.75) is 18.8 Å². The van der Waals surface area contributed by atoms with Crippen LogP contribution < -0.4 is 10.5 Å². The fourth-order valence-corrected chi connectivity index (χ4v) is 4.61. The number of hydrogen-bond donors (Lipinski definition) is 2. The summed E-state index contributed by atoms with van der Waals surface area (Å²) in [6, 6.07) is 14.4. The van der Waals surface area contributed by atoms with Gasteiger partial charge < -0.3 is 20.4 Å². The Morgan fingerprint density at radius 3 is 2.31 bits per heavy atom. The Labute approximate surface area is 206 Å². The molecule has 1 aliphatic rings. The molecule has 0 saturated carbocycles. The molecule has 2 aromatic heterocycles. The average Bonchev–Trinajstić information content (AvgIpc) is 3.45. The van der Waals surface area contributed by atoms with Crippen LogP contribution in [0.5, 0.6) is 11.5 Å². The number of nitrogens with zero attached hydrogens (tertiary/aromatic N) is 3. The number of rotatable bonds is 5. The van der Waals surface area contributed by atoms with Gasteiger partial charge in [-0.25, -0.2) is 4.52 Å². The number of terminal acetylenes is 1. The molecule has 0 bridgehead atoms. The predicted molar refractivity (Wildman–Crippen MR) is 132 cm³/mol. The third-order valence-electron chi connectivity index (χ3n) is 6.26. The number of ether oxygens (including phenoxy) is 1. The molecule has 3 N–H and O–H groups in total. The van der Waals surface area contributed by atoms with Gasteiger partial charge in [-0.15, -0.1) is 6.42 Å². The van der Waals surface area contributed by atoms with Crippen LogP contribution >= 0.6 is 11.6 Å². The molecule has 0 atom stereocenters. The lowest BCUT2D eigenvalue weighted by atomic mass is 9.91. The van der Waals surface area contributed by atoms with Crippen molar-refractivity contribution >= 4 is 29.1 Å². The van der Waals surface area contributed by atoms with Gasteiger partial charge in [-0.2, -0.15) is 5.10 Å². The van der Waals surface area contributed by atoms with Crippen molar-refractivity contribution < 1.29 is 14.3 Å². The molecule has 176 valence electrons. The standard InChI is InChI=1S/C26H22ClN5O3/c1-2-22(33)31-13-11-16(12-14-31)21-15-29-32-24(25(28)34)23(30-26(21)32)17-3-7-19(8-4-17)35-20-9-5-18(27)6-10-20/h1,3-10,15-16,30H,11-14H2,(H2,28,34). The highest BCUT2D eigenvalue weighted by molar-refractivity contribution is 6.30. The first-order chi connectivity index (χ1) is 16.9. The fourth-order valence-electron chi connectivity index (χ4n) is 4.49. The van der Waals surface area contributed by atoms with Crippen LogP contribution in [-0.4, -0.2) is 44.4 Å². The summed E-state index contributed by atoms with van der Waals surface area (Å²) >= 11 is 5.93. The highest BCUT2D eigenvalue weighted by atomic mass is 35.5. The summed E-state index contributed by atoms with van der Waals surface area (Å²) in [5.41, 5.74) is 9.07.